The van der Waals surface area contributed by atoms with E-state index in [0.29, 0.717) is 13.0 Å². The minimum absolute atomic E-state index is 0.0781. The normalized spacial score (nSPS) is 15.8. The van der Waals surface area contributed by atoms with Gasteiger partial charge >= 0.3 is 0 Å². The molecule has 0 aromatic heterocycles. The average molecular weight is 289 g/mol. The van der Waals surface area contributed by atoms with E-state index in [1.165, 1.54) is 5.56 Å². The molecule has 0 unspecified atom stereocenters. The number of piperazine rings is 1. The van der Waals surface area contributed by atoms with Crippen molar-refractivity contribution < 1.29 is 9.59 Å². The summed E-state index contributed by atoms with van der Waals surface area (Å²) in [5, 5.41) is 2.95. The van der Waals surface area contributed by atoms with Crippen LogP contribution in [0.25, 0.3) is 0 Å². The van der Waals surface area contributed by atoms with Gasteiger partial charge in [0.1, 0.15) is 0 Å². The van der Waals surface area contributed by atoms with Crippen LogP contribution < -0.4 is 5.32 Å². The molecular weight excluding hydrogens is 266 g/mol. The van der Waals surface area contributed by atoms with Crippen molar-refractivity contribution in [1.82, 2.24) is 15.1 Å². The van der Waals surface area contributed by atoms with Crippen LogP contribution in [0.1, 0.15) is 17.5 Å². The summed E-state index contributed by atoms with van der Waals surface area (Å²) in [6, 6.07) is 8.15. The molecule has 2 rings (SSSR count). The van der Waals surface area contributed by atoms with Gasteiger partial charge in [0.15, 0.2) is 0 Å². The Labute approximate surface area is 125 Å². The fourth-order valence-corrected chi connectivity index (χ4v) is 2.46. The third-order valence-corrected chi connectivity index (χ3v) is 3.78. The Morgan fingerprint density at radius 2 is 2.05 bits per heavy atom. The summed E-state index contributed by atoms with van der Waals surface area (Å²) >= 11 is 0. The van der Waals surface area contributed by atoms with Crippen LogP contribution >= 0.6 is 0 Å². The smallest absolute Gasteiger partial charge is 0.221 e. The SMILES string of the molecule is Cc1cccc(CNC(=O)CCN2CCN(C=O)CC2)c1. The lowest BCUT2D eigenvalue weighted by atomic mass is 10.1. The molecule has 1 fully saturated rings. The molecule has 0 saturated carbocycles. The van der Waals surface area contributed by atoms with Crippen molar-refractivity contribution in [3.8, 4) is 0 Å². The number of rotatable bonds is 6. The number of carbonyl (C=O) groups excluding carboxylic acids is 2. The maximum Gasteiger partial charge on any atom is 0.221 e. The molecule has 1 aromatic carbocycles. The number of aryl methyl sites for hydroxylation is 1. The topological polar surface area (TPSA) is 52.7 Å². The van der Waals surface area contributed by atoms with Crippen molar-refractivity contribution in [3.63, 3.8) is 0 Å². The summed E-state index contributed by atoms with van der Waals surface area (Å²) in [5.41, 5.74) is 2.33. The Morgan fingerprint density at radius 1 is 1.29 bits per heavy atom. The molecule has 5 heteroatoms. The Morgan fingerprint density at radius 3 is 2.71 bits per heavy atom. The maximum absolute atomic E-state index is 11.9. The minimum atomic E-state index is 0.0781. The van der Waals surface area contributed by atoms with Gasteiger partial charge in [-0.3, -0.25) is 14.5 Å². The molecule has 1 heterocycles. The van der Waals surface area contributed by atoms with Gasteiger partial charge in [-0.25, -0.2) is 0 Å². The minimum Gasteiger partial charge on any atom is -0.352 e. The van der Waals surface area contributed by atoms with Crippen LogP contribution in [0.5, 0.6) is 0 Å². The first-order valence-electron chi connectivity index (χ1n) is 7.41. The number of amides is 2. The van der Waals surface area contributed by atoms with Gasteiger partial charge in [0.05, 0.1) is 0 Å². The van der Waals surface area contributed by atoms with Gasteiger partial charge in [-0.15, -0.1) is 0 Å². The standard InChI is InChI=1S/C16H23N3O2/c1-14-3-2-4-15(11-14)12-17-16(21)5-6-18-7-9-19(13-20)10-8-18/h2-4,11,13H,5-10,12H2,1H3,(H,17,21). The van der Waals surface area contributed by atoms with E-state index in [9.17, 15) is 9.59 Å². The van der Waals surface area contributed by atoms with Crippen LogP contribution in [0, 0.1) is 6.92 Å². The van der Waals surface area contributed by atoms with E-state index in [1.54, 1.807) is 4.90 Å². The predicted octanol–water partition coefficient (Wildman–Crippen LogP) is 0.775. The zero-order valence-electron chi connectivity index (χ0n) is 12.5. The molecule has 1 aliphatic rings. The van der Waals surface area contributed by atoms with Crippen molar-refractivity contribution in [2.24, 2.45) is 0 Å². The molecular formula is C16H23N3O2. The quantitative estimate of drug-likeness (QED) is 0.787. The lowest BCUT2D eigenvalue weighted by Crippen LogP contribution is -2.46. The number of hydrogen-bond acceptors (Lipinski definition) is 3. The highest BCUT2D eigenvalue weighted by molar-refractivity contribution is 5.76. The molecule has 0 bridgehead atoms. The van der Waals surface area contributed by atoms with Crippen LogP contribution in [0.15, 0.2) is 24.3 Å². The number of nitrogens with one attached hydrogen (secondary N) is 1. The van der Waals surface area contributed by atoms with E-state index in [-0.39, 0.29) is 5.91 Å². The van der Waals surface area contributed by atoms with E-state index in [4.69, 9.17) is 0 Å². The summed E-state index contributed by atoms with van der Waals surface area (Å²) < 4.78 is 0. The average Bonchev–Trinajstić information content (AvgIpc) is 2.51. The summed E-state index contributed by atoms with van der Waals surface area (Å²) in [7, 11) is 0. The number of nitrogens with zero attached hydrogens (tertiary/aromatic N) is 2. The van der Waals surface area contributed by atoms with E-state index < -0.39 is 0 Å². The molecule has 5 nitrogen and oxygen atoms in total. The van der Waals surface area contributed by atoms with Gasteiger partial charge in [0.25, 0.3) is 0 Å². The zero-order chi connectivity index (χ0) is 15.1. The summed E-state index contributed by atoms with van der Waals surface area (Å²) in [6.07, 6.45) is 1.40. The molecule has 1 aromatic rings. The number of carbonyl (C=O) groups is 2. The van der Waals surface area contributed by atoms with Gasteiger partial charge in [-0.1, -0.05) is 29.8 Å². The van der Waals surface area contributed by atoms with Crippen LogP contribution in [-0.2, 0) is 16.1 Å². The Hall–Kier alpha value is -1.88. The van der Waals surface area contributed by atoms with Gasteiger partial charge in [-0.2, -0.15) is 0 Å². The second kappa shape index (κ2) is 7.78. The number of benzene rings is 1. The predicted molar refractivity (Wildman–Crippen MR) is 81.7 cm³/mol. The molecule has 21 heavy (non-hydrogen) atoms. The molecule has 0 atom stereocenters. The Balaban J connectivity index is 1.65. The number of hydrogen-bond donors (Lipinski definition) is 1. The summed E-state index contributed by atoms with van der Waals surface area (Å²) in [4.78, 5) is 26.5. The van der Waals surface area contributed by atoms with Crippen LogP contribution in [0.3, 0.4) is 0 Å². The Bertz CT molecular complexity index is 482. The van der Waals surface area contributed by atoms with Crippen molar-refractivity contribution >= 4 is 12.3 Å². The van der Waals surface area contributed by atoms with Crippen molar-refractivity contribution in [1.29, 1.82) is 0 Å². The van der Waals surface area contributed by atoms with Crippen molar-refractivity contribution in [2.75, 3.05) is 32.7 Å². The lowest BCUT2D eigenvalue weighted by molar-refractivity contribution is -0.123. The van der Waals surface area contributed by atoms with E-state index in [1.807, 2.05) is 25.1 Å². The second-order valence-corrected chi connectivity index (χ2v) is 5.50. The van der Waals surface area contributed by atoms with E-state index in [2.05, 4.69) is 16.3 Å². The van der Waals surface area contributed by atoms with E-state index >= 15 is 0 Å². The van der Waals surface area contributed by atoms with Gasteiger partial charge in [-0.05, 0) is 12.5 Å². The first-order chi connectivity index (χ1) is 10.2. The fraction of sp³-hybridized carbons (Fsp3) is 0.500. The molecule has 1 saturated heterocycles. The zero-order valence-corrected chi connectivity index (χ0v) is 12.5. The van der Waals surface area contributed by atoms with Crippen molar-refractivity contribution in [2.45, 2.75) is 19.9 Å². The van der Waals surface area contributed by atoms with Gasteiger partial charge in [0.2, 0.25) is 12.3 Å². The summed E-state index contributed by atoms with van der Waals surface area (Å²) in [6.45, 7) is 6.60. The van der Waals surface area contributed by atoms with Crippen LogP contribution in [0.4, 0.5) is 0 Å². The molecule has 0 aliphatic carbocycles. The van der Waals surface area contributed by atoms with Gasteiger partial charge in [0, 0.05) is 45.7 Å². The monoisotopic (exact) mass is 289 g/mol. The first-order valence-corrected chi connectivity index (χ1v) is 7.41. The molecule has 0 spiro atoms. The van der Waals surface area contributed by atoms with Crippen LogP contribution in [-0.4, -0.2) is 54.8 Å². The summed E-state index contributed by atoms with van der Waals surface area (Å²) in [5.74, 6) is 0.0781. The highest BCUT2D eigenvalue weighted by atomic mass is 16.1. The molecule has 114 valence electrons. The molecule has 2 amide bonds. The highest BCUT2D eigenvalue weighted by Gasteiger charge is 2.15. The first kappa shape index (κ1) is 15.5. The molecule has 0 radical (unpaired) electrons. The Kier molecular flexibility index (Phi) is 5.75. The molecule has 1 aliphatic heterocycles. The van der Waals surface area contributed by atoms with Crippen molar-refractivity contribution in [3.05, 3.63) is 35.4 Å². The maximum atomic E-state index is 11.9. The third-order valence-electron chi connectivity index (χ3n) is 3.78. The lowest BCUT2D eigenvalue weighted by Gasteiger charge is -2.32. The largest absolute Gasteiger partial charge is 0.352 e. The van der Waals surface area contributed by atoms with E-state index in [0.717, 1.165) is 44.7 Å². The third kappa shape index (κ3) is 5.19. The van der Waals surface area contributed by atoms with Gasteiger partial charge < -0.3 is 10.2 Å². The second-order valence-electron chi connectivity index (χ2n) is 5.50. The molecule has 1 N–H and O–H groups in total. The fourth-order valence-electron chi connectivity index (χ4n) is 2.46. The highest BCUT2D eigenvalue weighted by Crippen LogP contribution is 2.04. The van der Waals surface area contributed by atoms with Crippen LogP contribution in [0.2, 0.25) is 0 Å².